The fourth-order valence-corrected chi connectivity index (χ4v) is 1.96. The zero-order valence-corrected chi connectivity index (χ0v) is 13.0. The highest BCUT2D eigenvalue weighted by Gasteiger charge is 2.16. The molecule has 0 aromatic heterocycles. The lowest BCUT2D eigenvalue weighted by atomic mass is 10.2. The Balaban J connectivity index is 2.56. The Labute approximate surface area is 129 Å². The Bertz CT molecular complexity index is 490. The van der Waals surface area contributed by atoms with E-state index in [1.54, 1.807) is 24.3 Å². The number of ether oxygens (including phenoxy) is 1. The first-order chi connectivity index (χ1) is 9.88. The van der Waals surface area contributed by atoms with E-state index in [0.29, 0.717) is 17.3 Å². The van der Waals surface area contributed by atoms with Crippen molar-refractivity contribution in [3.63, 3.8) is 0 Å². The van der Waals surface area contributed by atoms with Crippen molar-refractivity contribution < 1.29 is 19.4 Å². The highest BCUT2D eigenvalue weighted by atomic mass is 35.5. The molecule has 0 saturated heterocycles. The minimum Gasteiger partial charge on any atom is -0.484 e. The van der Waals surface area contributed by atoms with Gasteiger partial charge in [0.05, 0.1) is 6.42 Å². The predicted octanol–water partition coefficient (Wildman–Crippen LogP) is 2.68. The molecule has 0 heterocycles. The number of carboxylic acid groups (broad SMARTS) is 1. The second-order valence-corrected chi connectivity index (χ2v) is 5.56. The molecule has 1 amide bonds. The molecular formula is C15H20ClNO4. The maximum absolute atomic E-state index is 12.1. The van der Waals surface area contributed by atoms with Crippen molar-refractivity contribution in [3.05, 3.63) is 29.3 Å². The van der Waals surface area contributed by atoms with Crippen LogP contribution in [0.3, 0.4) is 0 Å². The van der Waals surface area contributed by atoms with E-state index in [1.807, 2.05) is 13.8 Å². The van der Waals surface area contributed by atoms with Gasteiger partial charge >= 0.3 is 5.97 Å². The first kappa shape index (κ1) is 17.3. The molecule has 6 heteroatoms. The Morgan fingerprint density at radius 2 is 2.10 bits per heavy atom. The Kier molecular flexibility index (Phi) is 7.02. The molecule has 5 nitrogen and oxygen atoms in total. The molecule has 0 unspecified atom stereocenters. The molecule has 1 aromatic carbocycles. The molecule has 0 atom stereocenters. The van der Waals surface area contributed by atoms with E-state index in [1.165, 1.54) is 4.90 Å². The van der Waals surface area contributed by atoms with Gasteiger partial charge in [0, 0.05) is 18.1 Å². The molecule has 1 N–H and O–H groups in total. The third-order valence-electron chi connectivity index (χ3n) is 2.69. The lowest BCUT2D eigenvalue weighted by Gasteiger charge is -2.24. The van der Waals surface area contributed by atoms with Crippen LogP contribution in [-0.2, 0) is 9.59 Å². The molecule has 0 aliphatic heterocycles. The largest absolute Gasteiger partial charge is 0.484 e. The highest BCUT2D eigenvalue weighted by Crippen LogP contribution is 2.17. The summed E-state index contributed by atoms with van der Waals surface area (Å²) in [5.74, 6) is -0.385. The molecule has 0 spiro atoms. The van der Waals surface area contributed by atoms with Crippen molar-refractivity contribution in [1.82, 2.24) is 4.90 Å². The topological polar surface area (TPSA) is 66.8 Å². The maximum Gasteiger partial charge on any atom is 0.305 e. The van der Waals surface area contributed by atoms with Crippen LogP contribution in [0.25, 0.3) is 0 Å². The van der Waals surface area contributed by atoms with Crippen LogP contribution in [0.4, 0.5) is 0 Å². The lowest BCUT2D eigenvalue weighted by molar-refractivity contribution is -0.139. The fourth-order valence-electron chi connectivity index (χ4n) is 1.78. The standard InChI is InChI=1S/C15H20ClNO4/c1-11(2)9-17(7-6-15(19)20)14(18)10-21-13-5-3-4-12(16)8-13/h3-5,8,11H,6-7,9-10H2,1-2H3,(H,19,20). The summed E-state index contributed by atoms with van der Waals surface area (Å²) in [4.78, 5) is 24.3. The summed E-state index contributed by atoms with van der Waals surface area (Å²) in [6.07, 6.45) is -0.0738. The van der Waals surface area contributed by atoms with Gasteiger partial charge in [-0.3, -0.25) is 9.59 Å². The summed E-state index contributed by atoms with van der Waals surface area (Å²) >= 11 is 5.84. The summed E-state index contributed by atoms with van der Waals surface area (Å²) in [7, 11) is 0. The molecule has 0 fully saturated rings. The summed E-state index contributed by atoms with van der Waals surface area (Å²) < 4.78 is 5.39. The zero-order valence-electron chi connectivity index (χ0n) is 12.2. The van der Waals surface area contributed by atoms with E-state index in [9.17, 15) is 9.59 Å². The van der Waals surface area contributed by atoms with Crippen LogP contribution < -0.4 is 4.74 Å². The number of nitrogens with zero attached hydrogens (tertiary/aromatic N) is 1. The number of benzene rings is 1. The second kappa shape index (κ2) is 8.52. The number of aliphatic carboxylic acids is 1. The molecular weight excluding hydrogens is 294 g/mol. The number of hydrogen-bond acceptors (Lipinski definition) is 3. The zero-order chi connectivity index (χ0) is 15.8. The monoisotopic (exact) mass is 313 g/mol. The Hall–Kier alpha value is -1.75. The smallest absolute Gasteiger partial charge is 0.305 e. The lowest BCUT2D eigenvalue weighted by Crippen LogP contribution is -2.38. The number of carbonyl (C=O) groups excluding carboxylic acids is 1. The maximum atomic E-state index is 12.1. The molecule has 0 aliphatic rings. The van der Waals surface area contributed by atoms with Crippen molar-refractivity contribution in [3.8, 4) is 5.75 Å². The van der Waals surface area contributed by atoms with Crippen LogP contribution in [0.2, 0.25) is 5.02 Å². The van der Waals surface area contributed by atoms with Crippen molar-refractivity contribution in [2.45, 2.75) is 20.3 Å². The van der Waals surface area contributed by atoms with Crippen LogP contribution in [0.5, 0.6) is 5.75 Å². The molecule has 116 valence electrons. The minimum atomic E-state index is -0.924. The number of amides is 1. The molecule has 0 radical (unpaired) electrons. The summed E-state index contributed by atoms with van der Waals surface area (Å²) in [5, 5.41) is 9.27. The molecule has 0 aliphatic carbocycles. The molecule has 0 bridgehead atoms. The van der Waals surface area contributed by atoms with Gasteiger partial charge in [0.1, 0.15) is 5.75 Å². The predicted molar refractivity (Wildman–Crippen MR) is 80.6 cm³/mol. The van der Waals surface area contributed by atoms with E-state index in [2.05, 4.69) is 0 Å². The van der Waals surface area contributed by atoms with Gasteiger partial charge in [0.25, 0.3) is 5.91 Å². The third-order valence-corrected chi connectivity index (χ3v) is 2.93. The Morgan fingerprint density at radius 1 is 1.38 bits per heavy atom. The molecule has 21 heavy (non-hydrogen) atoms. The van der Waals surface area contributed by atoms with Crippen LogP contribution in [0, 0.1) is 5.92 Å². The number of halogens is 1. The van der Waals surface area contributed by atoms with Crippen molar-refractivity contribution in [2.75, 3.05) is 19.7 Å². The van der Waals surface area contributed by atoms with Gasteiger partial charge in [-0.05, 0) is 24.1 Å². The SMILES string of the molecule is CC(C)CN(CCC(=O)O)C(=O)COc1cccc(Cl)c1. The highest BCUT2D eigenvalue weighted by molar-refractivity contribution is 6.30. The first-order valence-corrected chi connectivity index (χ1v) is 7.14. The van der Waals surface area contributed by atoms with Gasteiger partial charge in [-0.15, -0.1) is 0 Å². The number of rotatable bonds is 8. The fraction of sp³-hybridized carbons (Fsp3) is 0.467. The van der Waals surface area contributed by atoms with Gasteiger partial charge < -0.3 is 14.7 Å². The summed E-state index contributed by atoms with van der Waals surface area (Å²) in [6, 6.07) is 6.79. The van der Waals surface area contributed by atoms with Crippen LogP contribution in [-0.4, -0.2) is 41.6 Å². The molecule has 1 rings (SSSR count). The summed E-state index contributed by atoms with van der Waals surface area (Å²) in [5.41, 5.74) is 0. The van der Waals surface area contributed by atoms with E-state index < -0.39 is 5.97 Å². The number of carbonyl (C=O) groups is 2. The third kappa shape index (κ3) is 6.99. The van der Waals surface area contributed by atoms with Crippen LogP contribution in [0.15, 0.2) is 24.3 Å². The van der Waals surface area contributed by atoms with Crippen LogP contribution in [0.1, 0.15) is 20.3 Å². The average Bonchev–Trinajstić information content (AvgIpc) is 2.40. The number of hydrogen-bond donors (Lipinski definition) is 1. The van der Waals surface area contributed by atoms with Crippen LogP contribution >= 0.6 is 11.6 Å². The number of carboxylic acids is 1. The molecule has 1 aromatic rings. The van der Waals surface area contributed by atoms with Gasteiger partial charge in [-0.25, -0.2) is 0 Å². The quantitative estimate of drug-likeness (QED) is 0.801. The van der Waals surface area contributed by atoms with E-state index >= 15 is 0 Å². The van der Waals surface area contributed by atoms with Gasteiger partial charge in [0.2, 0.25) is 0 Å². The second-order valence-electron chi connectivity index (χ2n) is 5.12. The van der Waals surface area contributed by atoms with Crippen molar-refractivity contribution in [1.29, 1.82) is 0 Å². The molecule has 0 saturated carbocycles. The van der Waals surface area contributed by atoms with E-state index in [0.717, 1.165) is 0 Å². The normalized spacial score (nSPS) is 10.5. The Morgan fingerprint density at radius 3 is 2.67 bits per heavy atom. The first-order valence-electron chi connectivity index (χ1n) is 6.76. The van der Waals surface area contributed by atoms with E-state index in [-0.39, 0.29) is 31.4 Å². The minimum absolute atomic E-state index is 0.0738. The van der Waals surface area contributed by atoms with Gasteiger partial charge in [-0.1, -0.05) is 31.5 Å². The van der Waals surface area contributed by atoms with Crippen molar-refractivity contribution >= 4 is 23.5 Å². The van der Waals surface area contributed by atoms with Gasteiger partial charge in [-0.2, -0.15) is 0 Å². The average molecular weight is 314 g/mol. The van der Waals surface area contributed by atoms with E-state index in [4.69, 9.17) is 21.4 Å². The summed E-state index contributed by atoms with van der Waals surface area (Å²) in [6.45, 7) is 4.50. The van der Waals surface area contributed by atoms with Crippen molar-refractivity contribution in [2.24, 2.45) is 5.92 Å². The van der Waals surface area contributed by atoms with Gasteiger partial charge in [0.15, 0.2) is 6.61 Å².